The van der Waals surface area contributed by atoms with Gasteiger partial charge in [0.25, 0.3) is 0 Å². The third-order valence-corrected chi connectivity index (χ3v) is 1.75. The van der Waals surface area contributed by atoms with Gasteiger partial charge in [-0.25, -0.2) is 0 Å². The van der Waals surface area contributed by atoms with Crippen LogP contribution in [0.4, 0.5) is 0 Å². The molecule has 0 bridgehead atoms. The SMILES string of the molecule is CCC(C=CC(=O)C(C)C)OC. The van der Waals surface area contributed by atoms with Crippen LogP contribution in [-0.4, -0.2) is 19.0 Å². The maximum atomic E-state index is 11.1. The number of hydrogen-bond acceptors (Lipinski definition) is 2. The van der Waals surface area contributed by atoms with Gasteiger partial charge in [0, 0.05) is 13.0 Å². The van der Waals surface area contributed by atoms with Crippen LogP contribution in [0.15, 0.2) is 12.2 Å². The molecule has 0 spiro atoms. The molecule has 0 aliphatic carbocycles. The highest BCUT2D eigenvalue weighted by molar-refractivity contribution is 5.91. The van der Waals surface area contributed by atoms with E-state index < -0.39 is 0 Å². The Morgan fingerprint density at radius 1 is 1.50 bits per heavy atom. The molecule has 0 aromatic rings. The van der Waals surface area contributed by atoms with E-state index in [4.69, 9.17) is 4.74 Å². The van der Waals surface area contributed by atoms with Gasteiger partial charge in [0.05, 0.1) is 6.10 Å². The van der Waals surface area contributed by atoms with Crippen molar-refractivity contribution < 1.29 is 9.53 Å². The van der Waals surface area contributed by atoms with Gasteiger partial charge in [-0.05, 0) is 12.5 Å². The van der Waals surface area contributed by atoms with E-state index in [2.05, 4.69) is 0 Å². The Morgan fingerprint density at radius 2 is 2.08 bits per heavy atom. The van der Waals surface area contributed by atoms with E-state index in [1.54, 1.807) is 13.2 Å². The maximum absolute atomic E-state index is 11.1. The van der Waals surface area contributed by atoms with Crippen molar-refractivity contribution in [1.82, 2.24) is 0 Å². The first-order valence-corrected chi connectivity index (χ1v) is 4.36. The summed E-state index contributed by atoms with van der Waals surface area (Å²) in [6.07, 6.45) is 4.41. The van der Waals surface area contributed by atoms with Gasteiger partial charge in [-0.15, -0.1) is 0 Å². The Hall–Kier alpha value is -0.630. The van der Waals surface area contributed by atoms with Crippen LogP contribution in [0.1, 0.15) is 27.2 Å². The summed E-state index contributed by atoms with van der Waals surface area (Å²) in [6.45, 7) is 5.80. The quantitative estimate of drug-likeness (QED) is 0.591. The third-order valence-electron chi connectivity index (χ3n) is 1.75. The molecule has 0 aliphatic heterocycles. The molecule has 0 aliphatic rings. The zero-order valence-corrected chi connectivity index (χ0v) is 8.33. The second-order valence-corrected chi connectivity index (χ2v) is 3.10. The molecule has 0 rings (SSSR count). The Balaban J connectivity index is 3.95. The van der Waals surface area contributed by atoms with Crippen LogP contribution in [-0.2, 0) is 9.53 Å². The number of allylic oxidation sites excluding steroid dienone is 1. The second-order valence-electron chi connectivity index (χ2n) is 3.10. The molecule has 2 heteroatoms. The topological polar surface area (TPSA) is 26.3 Å². The number of ketones is 1. The predicted molar refractivity (Wildman–Crippen MR) is 50.1 cm³/mol. The molecule has 0 aromatic carbocycles. The van der Waals surface area contributed by atoms with Crippen molar-refractivity contribution in [2.45, 2.75) is 33.3 Å². The van der Waals surface area contributed by atoms with Crippen LogP contribution in [0, 0.1) is 5.92 Å². The van der Waals surface area contributed by atoms with Crippen molar-refractivity contribution in [1.29, 1.82) is 0 Å². The van der Waals surface area contributed by atoms with E-state index in [0.717, 1.165) is 6.42 Å². The first kappa shape index (κ1) is 11.4. The van der Waals surface area contributed by atoms with E-state index >= 15 is 0 Å². The van der Waals surface area contributed by atoms with Gasteiger partial charge in [0.1, 0.15) is 0 Å². The molecular weight excluding hydrogens is 152 g/mol. The van der Waals surface area contributed by atoms with Crippen LogP contribution >= 0.6 is 0 Å². The molecule has 0 N–H and O–H groups in total. The summed E-state index contributed by atoms with van der Waals surface area (Å²) in [5.41, 5.74) is 0. The normalized spacial score (nSPS) is 14.1. The summed E-state index contributed by atoms with van der Waals surface area (Å²) < 4.78 is 5.09. The van der Waals surface area contributed by atoms with E-state index in [0.29, 0.717) is 0 Å². The molecule has 0 heterocycles. The predicted octanol–water partition coefficient (Wildman–Crippen LogP) is 2.19. The van der Waals surface area contributed by atoms with Gasteiger partial charge in [0.2, 0.25) is 0 Å². The second kappa shape index (κ2) is 5.95. The smallest absolute Gasteiger partial charge is 0.157 e. The molecule has 0 aromatic heterocycles. The van der Waals surface area contributed by atoms with Gasteiger partial charge in [-0.1, -0.05) is 26.8 Å². The number of methoxy groups -OCH3 is 1. The van der Waals surface area contributed by atoms with Gasteiger partial charge in [0.15, 0.2) is 5.78 Å². The average Bonchev–Trinajstić information content (AvgIpc) is 2.05. The van der Waals surface area contributed by atoms with Gasteiger partial charge in [-0.3, -0.25) is 4.79 Å². The van der Waals surface area contributed by atoms with Crippen LogP contribution in [0.2, 0.25) is 0 Å². The summed E-state index contributed by atoms with van der Waals surface area (Å²) in [4.78, 5) is 11.1. The lowest BCUT2D eigenvalue weighted by Crippen LogP contribution is -2.08. The summed E-state index contributed by atoms with van der Waals surface area (Å²) in [5, 5.41) is 0. The van der Waals surface area contributed by atoms with Crippen LogP contribution < -0.4 is 0 Å². The van der Waals surface area contributed by atoms with Gasteiger partial charge in [-0.2, -0.15) is 0 Å². The molecule has 0 amide bonds. The Labute approximate surface area is 74.6 Å². The number of rotatable bonds is 5. The highest BCUT2D eigenvalue weighted by Gasteiger charge is 2.03. The summed E-state index contributed by atoms with van der Waals surface area (Å²) in [6, 6.07) is 0. The number of hydrogen-bond donors (Lipinski definition) is 0. The fourth-order valence-corrected chi connectivity index (χ4v) is 0.776. The minimum absolute atomic E-state index is 0.0766. The third kappa shape index (κ3) is 4.29. The molecule has 12 heavy (non-hydrogen) atoms. The summed E-state index contributed by atoms with van der Waals surface area (Å²) in [7, 11) is 1.65. The molecule has 0 radical (unpaired) electrons. The first-order chi connectivity index (χ1) is 5.61. The van der Waals surface area contributed by atoms with E-state index in [-0.39, 0.29) is 17.8 Å². The van der Waals surface area contributed by atoms with Gasteiger partial charge >= 0.3 is 0 Å². The maximum Gasteiger partial charge on any atom is 0.157 e. The Kier molecular flexibility index (Phi) is 5.64. The minimum atomic E-state index is 0.0766. The van der Waals surface area contributed by atoms with Crippen LogP contribution in [0.5, 0.6) is 0 Å². The highest BCUT2D eigenvalue weighted by atomic mass is 16.5. The number of carbonyl (C=O) groups excluding carboxylic acids is 1. The zero-order valence-electron chi connectivity index (χ0n) is 8.33. The van der Waals surface area contributed by atoms with Crippen LogP contribution in [0.3, 0.4) is 0 Å². The minimum Gasteiger partial charge on any atom is -0.377 e. The van der Waals surface area contributed by atoms with Crippen molar-refractivity contribution >= 4 is 5.78 Å². The van der Waals surface area contributed by atoms with Crippen molar-refractivity contribution in [3.8, 4) is 0 Å². The monoisotopic (exact) mass is 170 g/mol. The molecular formula is C10H18O2. The van der Waals surface area contributed by atoms with Crippen molar-refractivity contribution in [2.75, 3.05) is 7.11 Å². The summed E-state index contributed by atoms with van der Waals surface area (Å²) in [5.74, 6) is 0.237. The first-order valence-electron chi connectivity index (χ1n) is 4.36. The van der Waals surface area contributed by atoms with Crippen molar-refractivity contribution in [3.05, 3.63) is 12.2 Å². The van der Waals surface area contributed by atoms with Crippen molar-refractivity contribution in [3.63, 3.8) is 0 Å². The average molecular weight is 170 g/mol. The molecule has 0 saturated heterocycles. The van der Waals surface area contributed by atoms with E-state index in [1.165, 1.54) is 0 Å². The van der Waals surface area contributed by atoms with Crippen molar-refractivity contribution in [2.24, 2.45) is 5.92 Å². The largest absolute Gasteiger partial charge is 0.377 e. The Morgan fingerprint density at radius 3 is 2.42 bits per heavy atom. The molecule has 0 fully saturated rings. The lowest BCUT2D eigenvalue weighted by atomic mass is 10.1. The summed E-state index contributed by atoms with van der Waals surface area (Å²) >= 11 is 0. The standard InChI is InChI=1S/C10H18O2/c1-5-9(12-4)6-7-10(11)8(2)3/h6-9H,5H2,1-4H3. The van der Waals surface area contributed by atoms with Gasteiger partial charge < -0.3 is 4.74 Å². The molecule has 1 unspecified atom stereocenters. The molecule has 70 valence electrons. The van der Waals surface area contributed by atoms with E-state index in [9.17, 15) is 4.79 Å². The van der Waals surface area contributed by atoms with Crippen LogP contribution in [0.25, 0.3) is 0 Å². The number of ether oxygens (including phenoxy) is 1. The number of carbonyl (C=O) groups is 1. The molecule has 0 saturated carbocycles. The lowest BCUT2D eigenvalue weighted by Gasteiger charge is -2.06. The Bertz CT molecular complexity index is 155. The fourth-order valence-electron chi connectivity index (χ4n) is 0.776. The zero-order chi connectivity index (χ0) is 9.56. The molecule has 2 nitrogen and oxygen atoms in total. The highest BCUT2D eigenvalue weighted by Crippen LogP contribution is 2.01. The lowest BCUT2D eigenvalue weighted by molar-refractivity contribution is -0.117. The fraction of sp³-hybridized carbons (Fsp3) is 0.700. The van der Waals surface area contributed by atoms with E-state index in [1.807, 2.05) is 26.8 Å². The molecule has 1 atom stereocenters.